The van der Waals surface area contributed by atoms with E-state index in [1.165, 1.54) is 19.4 Å². The van der Waals surface area contributed by atoms with Gasteiger partial charge >= 0.3 is 0 Å². The summed E-state index contributed by atoms with van der Waals surface area (Å²) in [5, 5.41) is 10.1. The zero-order chi connectivity index (χ0) is 11.8. The Balaban J connectivity index is 0.000000181. The Hall–Kier alpha value is -2.37. The Morgan fingerprint density at radius 1 is 1.38 bits per heavy atom. The molecule has 0 unspecified atom stereocenters. The summed E-state index contributed by atoms with van der Waals surface area (Å²) in [6.07, 6.45) is 4.78. The van der Waals surface area contributed by atoms with Crippen LogP contribution in [-0.4, -0.2) is 22.0 Å². The lowest BCUT2D eigenvalue weighted by atomic mass is 10.5. The third kappa shape index (κ3) is 3.79. The van der Waals surface area contributed by atoms with E-state index in [9.17, 15) is 10.1 Å². The van der Waals surface area contributed by atoms with Gasteiger partial charge in [-0.3, -0.25) is 15.1 Å². The number of hydrogen-bond donors (Lipinski definition) is 1. The number of nitrogens with zero attached hydrogens (tertiary/aromatic N) is 2. The first kappa shape index (κ1) is 11.7. The van der Waals surface area contributed by atoms with Crippen LogP contribution in [0.5, 0.6) is 5.88 Å². The van der Waals surface area contributed by atoms with Gasteiger partial charge in [0.05, 0.1) is 24.3 Å². The van der Waals surface area contributed by atoms with Crippen molar-refractivity contribution in [3.63, 3.8) is 0 Å². The molecule has 0 saturated heterocycles. The van der Waals surface area contributed by atoms with Crippen LogP contribution in [0.25, 0.3) is 0 Å². The fraction of sp³-hybridized carbons (Fsp3) is 0.100. The summed E-state index contributed by atoms with van der Waals surface area (Å²) in [5.74, 6) is 0.395. The molecule has 0 atom stereocenters. The van der Waals surface area contributed by atoms with Crippen molar-refractivity contribution in [2.24, 2.45) is 0 Å². The van der Waals surface area contributed by atoms with Crippen molar-refractivity contribution in [3.05, 3.63) is 53.0 Å². The van der Waals surface area contributed by atoms with Crippen molar-refractivity contribution < 1.29 is 9.66 Å². The van der Waals surface area contributed by atoms with Gasteiger partial charge in [0.15, 0.2) is 5.88 Å². The lowest BCUT2D eigenvalue weighted by Gasteiger charge is -1.87. The molecule has 2 aromatic rings. The third-order valence-electron chi connectivity index (χ3n) is 1.64. The van der Waals surface area contributed by atoms with E-state index in [1.807, 2.05) is 18.2 Å². The smallest absolute Gasteiger partial charge is 0.290 e. The molecule has 6 nitrogen and oxygen atoms in total. The molecule has 84 valence electrons. The fourth-order valence-electron chi connectivity index (χ4n) is 0.899. The van der Waals surface area contributed by atoms with Crippen LogP contribution in [0.15, 0.2) is 42.9 Å². The Morgan fingerprint density at radius 3 is 2.31 bits per heavy atom. The predicted molar refractivity (Wildman–Crippen MR) is 58.2 cm³/mol. The largest absolute Gasteiger partial charge is 0.482 e. The van der Waals surface area contributed by atoms with E-state index in [4.69, 9.17) is 0 Å². The number of aromatic nitrogens is 2. The zero-order valence-electron chi connectivity index (χ0n) is 8.66. The first-order chi connectivity index (χ1) is 7.74. The van der Waals surface area contributed by atoms with Gasteiger partial charge in [-0.05, 0) is 12.1 Å². The monoisotopic (exact) mass is 221 g/mol. The molecule has 0 spiro atoms. The summed E-state index contributed by atoms with van der Waals surface area (Å²) in [5.41, 5.74) is 0.0110. The Labute approximate surface area is 92.1 Å². The minimum absolute atomic E-state index is 0.0110. The molecular weight excluding hydrogens is 210 g/mol. The topological polar surface area (TPSA) is 81.0 Å². The summed E-state index contributed by atoms with van der Waals surface area (Å²) in [6, 6.07) is 7.03. The van der Waals surface area contributed by atoms with Gasteiger partial charge in [-0.2, -0.15) is 0 Å². The van der Waals surface area contributed by atoms with Crippen molar-refractivity contribution in [1.82, 2.24) is 9.97 Å². The molecule has 1 N–H and O–H groups in total. The lowest BCUT2D eigenvalue weighted by molar-refractivity contribution is -0.384. The van der Waals surface area contributed by atoms with Gasteiger partial charge in [-0.1, -0.05) is 6.07 Å². The van der Waals surface area contributed by atoms with E-state index in [-0.39, 0.29) is 5.69 Å². The fourth-order valence-corrected chi connectivity index (χ4v) is 0.899. The average molecular weight is 221 g/mol. The average Bonchev–Trinajstić information content (AvgIpc) is 2.81. The molecular formula is C10H11N3O3. The molecule has 0 fully saturated rings. The van der Waals surface area contributed by atoms with Gasteiger partial charge in [-0.15, -0.1) is 0 Å². The summed E-state index contributed by atoms with van der Waals surface area (Å²) >= 11 is 0. The highest BCUT2D eigenvalue weighted by Gasteiger charge is 2.07. The number of ether oxygens (including phenoxy) is 1. The van der Waals surface area contributed by atoms with Gasteiger partial charge in [0.2, 0.25) is 0 Å². The molecule has 2 heterocycles. The van der Waals surface area contributed by atoms with Crippen molar-refractivity contribution in [2.45, 2.75) is 0 Å². The summed E-state index contributed by atoms with van der Waals surface area (Å²) in [7, 11) is 1.44. The number of aromatic amines is 1. The highest BCUT2D eigenvalue weighted by atomic mass is 16.6. The lowest BCUT2D eigenvalue weighted by Crippen LogP contribution is -1.83. The van der Waals surface area contributed by atoms with Crippen LogP contribution in [0.4, 0.5) is 5.69 Å². The van der Waals surface area contributed by atoms with Gasteiger partial charge in [0, 0.05) is 12.4 Å². The number of hydrogen-bond acceptors (Lipinski definition) is 4. The second-order valence-electron chi connectivity index (χ2n) is 2.71. The number of nitrogens with one attached hydrogen (secondary N) is 1. The Kier molecular flexibility index (Phi) is 4.52. The molecule has 0 aliphatic carbocycles. The van der Waals surface area contributed by atoms with Crippen LogP contribution in [0.2, 0.25) is 0 Å². The van der Waals surface area contributed by atoms with Crippen molar-refractivity contribution >= 4 is 5.69 Å². The molecule has 0 aliphatic heterocycles. The maximum absolute atomic E-state index is 10.1. The number of methoxy groups -OCH3 is 1. The molecule has 0 amide bonds. The van der Waals surface area contributed by atoms with Crippen molar-refractivity contribution in [3.8, 4) is 5.88 Å². The molecule has 6 heteroatoms. The first-order valence-electron chi connectivity index (χ1n) is 4.46. The molecule has 16 heavy (non-hydrogen) atoms. The summed E-state index contributed by atoms with van der Waals surface area (Å²) < 4.78 is 4.69. The van der Waals surface area contributed by atoms with Crippen LogP contribution in [0.1, 0.15) is 0 Å². The normalized spacial score (nSPS) is 8.81. The molecule has 0 saturated carbocycles. The van der Waals surface area contributed by atoms with E-state index >= 15 is 0 Å². The second-order valence-corrected chi connectivity index (χ2v) is 2.71. The van der Waals surface area contributed by atoms with Crippen LogP contribution in [-0.2, 0) is 0 Å². The van der Waals surface area contributed by atoms with Crippen LogP contribution < -0.4 is 4.74 Å². The van der Waals surface area contributed by atoms with E-state index in [2.05, 4.69) is 14.7 Å². The highest BCUT2D eigenvalue weighted by molar-refractivity contribution is 5.33. The minimum Gasteiger partial charge on any atom is -0.482 e. The van der Waals surface area contributed by atoms with Gasteiger partial charge in [0.25, 0.3) is 5.69 Å². The number of H-pyrrole nitrogens is 1. The highest BCUT2D eigenvalue weighted by Crippen LogP contribution is 2.16. The molecule has 0 bridgehead atoms. The molecule has 2 aromatic heterocycles. The maximum Gasteiger partial charge on any atom is 0.290 e. The van der Waals surface area contributed by atoms with Crippen LogP contribution in [0, 0.1) is 10.1 Å². The first-order valence-corrected chi connectivity index (χ1v) is 4.46. The standard InChI is InChI=1S/C5H6N2O3.C5H5N/c1-10-5-2-4(3-6-5)7(8)9;1-2-4-6-5-3-1/h2-3,6H,1H3;1-5H. The molecule has 0 radical (unpaired) electrons. The van der Waals surface area contributed by atoms with E-state index in [0.29, 0.717) is 5.88 Å². The quantitative estimate of drug-likeness (QED) is 0.621. The minimum atomic E-state index is -0.487. The zero-order valence-corrected chi connectivity index (χ0v) is 8.66. The number of rotatable bonds is 2. The Morgan fingerprint density at radius 2 is 2.06 bits per heavy atom. The maximum atomic E-state index is 10.1. The second kappa shape index (κ2) is 6.18. The van der Waals surface area contributed by atoms with Crippen LogP contribution >= 0.6 is 0 Å². The van der Waals surface area contributed by atoms with Crippen molar-refractivity contribution in [2.75, 3.05) is 7.11 Å². The molecule has 2 rings (SSSR count). The van der Waals surface area contributed by atoms with Crippen LogP contribution in [0.3, 0.4) is 0 Å². The number of nitro groups is 1. The van der Waals surface area contributed by atoms with E-state index in [1.54, 1.807) is 12.4 Å². The molecule has 0 aromatic carbocycles. The number of pyridine rings is 1. The Bertz CT molecular complexity index is 401. The summed E-state index contributed by atoms with van der Waals surface area (Å²) in [6.45, 7) is 0. The summed E-state index contributed by atoms with van der Waals surface area (Å²) in [4.78, 5) is 15.9. The van der Waals surface area contributed by atoms with Gasteiger partial charge < -0.3 is 9.72 Å². The van der Waals surface area contributed by atoms with Gasteiger partial charge in [-0.25, -0.2) is 0 Å². The van der Waals surface area contributed by atoms with Gasteiger partial charge in [0.1, 0.15) is 0 Å². The third-order valence-corrected chi connectivity index (χ3v) is 1.64. The van der Waals surface area contributed by atoms with E-state index in [0.717, 1.165) is 0 Å². The van der Waals surface area contributed by atoms with E-state index < -0.39 is 4.92 Å². The van der Waals surface area contributed by atoms with Crippen molar-refractivity contribution in [1.29, 1.82) is 0 Å². The molecule has 0 aliphatic rings. The predicted octanol–water partition coefficient (Wildman–Crippen LogP) is 2.01. The SMILES string of the molecule is COc1cc([N+](=O)[O-])c[nH]1.c1ccncc1.